The van der Waals surface area contributed by atoms with Gasteiger partial charge in [0.15, 0.2) is 0 Å². The van der Waals surface area contributed by atoms with Crippen LogP contribution in [0.15, 0.2) is 72.4 Å². The van der Waals surface area contributed by atoms with Crippen LogP contribution in [0, 0.1) is 41.4 Å². The van der Waals surface area contributed by atoms with Crippen molar-refractivity contribution in [1.82, 2.24) is 0 Å². The Morgan fingerprint density at radius 1 is 1.07 bits per heavy atom. The average Bonchev–Trinajstić information content (AvgIpc) is 3.06. The summed E-state index contributed by atoms with van der Waals surface area (Å²) in [5, 5.41) is 20.1. The topological polar surface area (TPSA) is 57.5 Å². The van der Waals surface area contributed by atoms with Crippen molar-refractivity contribution in [1.29, 1.82) is 0 Å². The van der Waals surface area contributed by atoms with Gasteiger partial charge in [0.05, 0.1) is 6.10 Å². The molecule has 0 bridgehead atoms. The average molecular weight is 374 g/mol. The second kappa shape index (κ2) is 6.89. The lowest BCUT2D eigenvalue weighted by Gasteiger charge is -2.54. The smallest absolute Gasteiger partial charge is 0.331 e. The normalized spacial score (nSPS) is 40.4. The zero-order chi connectivity index (χ0) is 19.3. The van der Waals surface area contributed by atoms with Crippen LogP contribution in [0.2, 0.25) is 0 Å². The predicted octanol–water partition coefficient (Wildman–Crippen LogP) is 4.33. The molecule has 0 spiro atoms. The van der Waals surface area contributed by atoms with Gasteiger partial charge >= 0.3 is 5.97 Å². The third-order valence-corrected chi connectivity index (χ3v) is 7.56. The second-order valence-corrected chi connectivity index (χ2v) is 8.72. The van der Waals surface area contributed by atoms with E-state index in [-0.39, 0.29) is 11.8 Å². The fraction of sp³-hybridized carbons (Fsp3) is 0.400. The molecule has 1 aromatic rings. The molecule has 0 amide bonds. The lowest BCUT2D eigenvalue weighted by molar-refractivity contribution is -0.134. The fourth-order valence-corrected chi connectivity index (χ4v) is 6.47. The number of aliphatic hydroxyl groups is 1. The minimum Gasteiger partial charge on any atom is -0.478 e. The Bertz CT molecular complexity index is 878. The van der Waals surface area contributed by atoms with Crippen LogP contribution < -0.4 is 0 Å². The lowest BCUT2D eigenvalue weighted by atomic mass is 9.50. The molecule has 8 unspecified atom stereocenters. The van der Waals surface area contributed by atoms with E-state index in [9.17, 15) is 15.0 Å². The number of benzene rings is 1. The van der Waals surface area contributed by atoms with Gasteiger partial charge in [0.25, 0.3) is 0 Å². The molecule has 0 saturated heterocycles. The van der Waals surface area contributed by atoms with Crippen molar-refractivity contribution >= 4 is 12.0 Å². The number of aliphatic hydroxyl groups excluding tert-OH is 1. The van der Waals surface area contributed by atoms with E-state index in [0.29, 0.717) is 35.2 Å². The van der Waals surface area contributed by atoms with Crippen molar-refractivity contribution in [3.63, 3.8) is 0 Å². The number of allylic oxidation sites excluding steroid dienone is 5. The van der Waals surface area contributed by atoms with Crippen molar-refractivity contribution in [2.45, 2.75) is 18.9 Å². The van der Waals surface area contributed by atoms with Crippen LogP contribution in [0.25, 0.3) is 6.08 Å². The van der Waals surface area contributed by atoms with Crippen molar-refractivity contribution in [3.8, 4) is 0 Å². The molecule has 5 rings (SSSR count). The summed E-state index contributed by atoms with van der Waals surface area (Å²) in [7, 11) is 0. The summed E-state index contributed by atoms with van der Waals surface area (Å²) in [6.07, 6.45) is 16.1. The number of hydrogen-bond donors (Lipinski definition) is 2. The van der Waals surface area contributed by atoms with Gasteiger partial charge in [0, 0.05) is 11.5 Å². The molecule has 0 aliphatic heterocycles. The van der Waals surface area contributed by atoms with Gasteiger partial charge in [0.1, 0.15) is 0 Å². The molecule has 144 valence electrons. The minimum absolute atomic E-state index is 0.0116. The first kappa shape index (κ1) is 17.7. The molecule has 4 aliphatic rings. The highest BCUT2D eigenvalue weighted by Gasteiger charge is 2.63. The van der Waals surface area contributed by atoms with Crippen LogP contribution in [-0.2, 0) is 4.79 Å². The molecule has 8 atom stereocenters. The maximum absolute atomic E-state index is 11.6. The van der Waals surface area contributed by atoms with Gasteiger partial charge in [-0.1, -0.05) is 66.8 Å². The maximum atomic E-state index is 11.6. The molecular weight excluding hydrogens is 348 g/mol. The van der Waals surface area contributed by atoms with Crippen molar-refractivity contribution in [3.05, 3.63) is 77.9 Å². The molecule has 2 fully saturated rings. The zero-order valence-electron chi connectivity index (χ0n) is 15.8. The van der Waals surface area contributed by atoms with Crippen molar-refractivity contribution in [2.24, 2.45) is 41.4 Å². The summed E-state index contributed by atoms with van der Waals surface area (Å²) in [6.45, 7) is 0. The Kier molecular flexibility index (Phi) is 4.36. The van der Waals surface area contributed by atoms with E-state index in [1.165, 1.54) is 5.56 Å². The molecule has 0 heterocycles. The summed E-state index contributed by atoms with van der Waals surface area (Å²) in [4.78, 5) is 11.6. The Labute approximate surface area is 165 Å². The number of carboxylic acid groups (broad SMARTS) is 1. The van der Waals surface area contributed by atoms with Crippen LogP contribution in [0.3, 0.4) is 0 Å². The molecule has 0 radical (unpaired) electrons. The summed E-state index contributed by atoms with van der Waals surface area (Å²) >= 11 is 0. The van der Waals surface area contributed by atoms with Gasteiger partial charge in [-0.25, -0.2) is 4.79 Å². The van der Waals surface area contributed by atoms with Gasteiger partial charge in [-0.15, -0.1) is 0 Å². The van der Waals surface area contributed by atoms with E-state index >= 15 is 0 Å². The molecule has 4 aliphatic carbocycles. The summed E-state index contributed by atoms with van der Waals surface area (Å²) < 4.78 is 0. The summed E-state index contributed by atoms with van der Waals surface area (Å²) in [5.74, 6) is 1.98. The molecule has 3 nitrogen and oxygen atoms in total. The highest BCUT2D eigenvalue weighted by Crippen LogP contribution is 2.67. The first-order valence-electron chi connectivity index (χ1n) is 10.3. The quantitative estimate of drug-likeness (QED) is 0.596. The van der Waals surface area contributed by atoms with Gasteiger partial charge in [-0.3, -0.25) is 0 Å². The summed E-state index contributed by atoms with van der Waals surface area (Å²) in [5.41, 5.74) is 1.60. The SMILES string of the molecule is O=C(O)C1=CC(O)C2CC3C(CC=CC=Cc4ccccc4)C4C=CC1C2C43. The van der Waals surface area contributed by atoms with E-state index in [2.05, 4.69) is 48.6 Å². The Morgan fingerprint density at radius 3 is 2.68 bits per heavy atom. The zero-order valence-corrected chi connectivity index (χ0v) is 15.8. The van der Waals surface area contributed by atoms with E-state index in [1.807, 2.05) is 18.2 Å². The van der Waals surface area contributed by atoms with Crippen LogP contribution in [-0.4, -0.2) is 22.3 Å². The maximum Gasteiger partial charge on any atom is 0.331 e. The fourth-order valence-electron chi connectivity index (χ4n) is 6.47. The predicted molar refractivity (Wildman–Crippen MR) is 109 cm³/mol. The third-order valence-electron chi connectivity index (χ3n) is 7.56. The Hall–Kier alpha value is -2.39. The van der Waals surface area contributed by atoms with E-state index < -0.39 is 12.1 Å². The minimum atomic E-state index is -0.877. The van der Waals surface area contributed by atoms with Gasteiger partial charge in [-0.05, 0) is 60.0 Å². The molecule has 2 N–H and O–H groups in total. The van der Waals surface area contributed by atoms with Gasteiger partial charge in [-0.2, -0.15) is 0 Å². The number of carbonyl (C=O) groups is 1. The number of hydrogen-bond acceptors (Lipinski definition) is 2. The first-order valence-corrected chi connectivity index (χ1v) is 10.3. The second-order valence-electron chi connectivity index (χ2n) is 8.72. The molecule has 28 heavy (non-hydrogen) atoms. The van der Waals surface area contributed by atoms with Crippen molar-refractivity contribution in [2.75, 3.05) is 0 Å². The number of aliphatic carboxylic acids is 1. The van der Waals surface area contributed by atoms with Gasteiger partial charge in [0.2, 0.25) is 0 Å². The van der Waals surface area contributed by atoms with E-state index in [1.54, 1.807) is 6.08 Å². The molecule has 1 aromatic carbocycles. The standard InChI is InChI=1S/C25H26O3/c26-22-14-20(25(27)28)18-12-11-17-16(19-13-21(22)24(18)23(17)19)10-6-2-5-9-15-7-3-1-4-8-15/h1-9,11-12,14,16-19,21-24,26H,10,13H2,(H,27,28). The highest BCUT2D eigenvalue weighted by atomic mass is 16.4. The molecule has 0 aromatic heterocycles. The Balaban J connectivity index is 1.28. The largest absolute Gasteiger partial charge is 0.478 e. The monoisotopic (exact) mass is 374 g/mol. The van der Waals surface area contributed by atoms with Crippen LogP contribution in [0.4, 0.5) is 0 Å². The third kappa shape index (κ3) is 2.72. The van der Waals surface area contributed by atoms with E-state index in [0.717, 1.165) is 12.8 Å². The Morgan fingerprint density at radius 2 is 1.89 bits per heavy atom. The highest BCUT2D eigenvalue weighted by molar-refractivity contribution is 5.88. The van der Waals surface area contributed by atoms with Crippen LogP contribution in [0.5, 0.6) is 0 Å². The summed E-state index contributed by atoms with van der Waals surface area (Å²) in [6, 6.07) is 10.3. The lowest BCUT2D eigenvalue weighted by Crippen LogP contribution is -2.50. The molecule has 3 heteroatoms. The van der Waals surface area contributed by atoms with Gasteiger partial charge < -0.3 is 10.2 Å². The number of rotatable bonds is 5. The first-order chi connectivity index (χ1) is 13.6. The number of carboxylic acids is 1. The molecule has 2 saturated carbocycles. The van der Waals surface area contributed by atoms with Crippen molar-refractivity contribution < 1.29 is 15.0 Å². The van der Waals surface area contributed by atoms with Crippen LogP contribution >= 0.6 is 0 Å². The molecular formula is C25H26O3. The van der Waals surface area contributed by atoms with Crippen LogP contribution in [0.1, 0.15) is 18.4 Å². The van der Waals surface area contributed by atoms with E-state index in [4.69, 9.17) is 0 Å².